The van der Waals surface area contributed by atoms with Gasteiger partial charge in [-0.25, -0.2) is 0 Å². The standard InChI is InChI=1S/C19H24N2O3/c1-14-12-15-6-2-3-7-16(15)21(14)13-18(22)20-9-5-4-8-17(20)19-23-10-11-24-19/h2-3,6-7,12,17,19H,4-5,8-11,13H2,1H3/t17-/m1/s1. The van der Waals surface area contributed by atoms with Crippen molar-refractivity contribution in [3.05, 3.63) is 36.0 Å². The fourth-order valence-electron chi connectivity index (χ4n) is 3.93. The van der Waals surface area contributed by atoms with Crippen molar-refractivity contribution in [2.75, 3.05) is 19.8 Å². The Labute approximate surface area is 142 Å². The first-order valence-corrected chi connectivity index (χ1v) is 8.81. The van der Waals surface area contributed by atoms with E-state index in [0.717, 1.165) is 37.0 Å². The molecule has 128 valence electrons. The van der Waals surface area contributed by atoms with E-state index in [-0.39, 0.29) is 18.2 Å². The lowest BCUT2D eigenvalue weighted by Crippen LogP contribution is -2.51. The van der Waals surface area contributed by atoms with Crippen LogP contribution in [0, 0.1) is 6.92 Å². The minimum atomic E-state index is -0.253. The van der Waals surface area contributed by atoms with Gasteiger partial charge in [0.05, 0.1) is 19.3 Å². The zero-order chi connectivity index (χ0) is 16.5. The number of benzene rings is 1. The molecule has 0 aliphatic carbocycles. The van der Waals surface area contributed by atoms with Gasteiger partial charge in [-0.2, -0.15) is 0 Å². The molecule has 4 rings (SSSR count). The highest BCUT2D eigenvalue weighted by atomic mass is 16.7. The lowest BCUT2D eigenvalue weighted by Gasteiger charge is -2.38. The van der Waals surface area contributed by atoms with Crippen LogP contribution in [-0.2, 0) is 20.8 Å². The molecule has 1 atom stereocenters. The number of ether oxygens (including phenoxy) is 2. The topological polar surface area (TPSA) is 43.7 Å². The van der Waals surface area contributed by atoms with E-state index in [1.165, 1.54) is 5.39 Å². The third kappa shape index (κ3) is 2.82. The fourth-order valence-corrected chi connectivity index (χ4v) is 3.93. The molecular weight excluding hydrogens is 304 g/mol. The molecule has 24 heavy (non-hydrogen) atoms. The number of hydrogen-bond acceptors (Lipinski definition) is 3. The second-order valence-corrected chi connectivity index (χ2v) is 6.69. The maximum atomic E-state index is 13.0. The zero-order valence-electron chi connectivity index (χ0n) is 14.1. The Balaban J connectivity index is 1.56. The lowest BCUT2D eigenvalue weighted by molar-refractivity contribution is -0.151. The summed E-state index contributed by atoms with van der Waals surface area (Å²) in [5.74, 6) is 0.156. The van der Waals surface area contributed by atoms with Crippen LogP contribution in [0.5, 0.6) is 0 Å². The van der Waals surface area contributed by atoms with Gasteiger partial charge < -0.3 is 18.9 Å². The first-order valence-electron chi connectivity index (χ1n) is 8.81. The summed E-state index contributed by atoms with van der Waals surface area (Å²) < 4.78 is 13.5. The molecule has 5 heteroatoms. The van der Waals surface area contributed by atoms with Crippen LogP contribution >= 0.6 is 0 Å². The molecule has 0 N–H and O–H groups in total. The van der Waals surface area contributed by atoms with E-state index in [1.807, 2.05) is 17.0 Å². The van der Waals surface area contributed by atoms with Crippen molar-refractivity contribution >= 4 is 16.8 Å². The summed E-state index contributed by atoms with van der Waals surface area (Å²) >= 11 is 0. The maximum Gasteiger partial charge on any atom is 0.242 e. The molecule has 2 fully saturated rings. The average molecular weight is 328 g/mol. The first-order chi connectivity index (χ1) is 11.7. The Kier molecular flexibility index (Phi) is 4.29. The number of rotatable bonds is 3. The Morgan fingerprint density at radius 3 is 2.83 bits per heavy atom. The van der Waals surface area contributed by atoms with Gasteiger partial charge in [-0.05, 0) is 43.7 Å². The van der Waals surface area contributed by atoms with Crippen LogP contribution in [0.1, 0.15) is 25.0 Å². The van der Waals surface area contributed by atoms with Crippen LogP contribution in [0.25, 0.3) is 10.9 Å². The second kappa shape index (κ2) is 6.57. The second-order valence-electron chi connectivity index (χ2n) is 6.69. The molecule has 0 spiro atoms. The molecule has 2 aliphatic rings. The number of nitrogens with zero attached hydrogens (tertiary/aromatic N) is 2. The van der Waals surface area contributed by atoms with Gasteiger partial charge in [0, 0.05) is 17.8 Å². The highest BCUT2D eigenvalue weighted by molar-refractivity contribution is 5.84. The number of hydrogen-bond donors (Lipinski definition) is 0. The number of carbonyl (C=O) groups excluding carboxylic acids is 1. The van der Waals surface area contributed by atoms with Gasteiger partial charge in [-0.1, -0.05) is 18.2 Å². The van der Waals surface area contributed by atoms with Gasteiger partial charge >= 0.3 is 0 Å². The minimum absolute atomic E-state index is 0.0517. The van der Waals surface area contributed by atoms with E-state index in [4.69, 9.17) is 9.47 Å². The molecule has 0 radical (unpaired) electrons. The van der Waals surface area contributed by atoms with Crippen LogP contribution in [-0.4, -0.2) is 47.5 Å². The molecule has 0 unspecified atom stereocenters. The predicted octanol–water partition coefficient (Wildman–Crippen LogP) is 2.70. The van der Waals surface area contributed by atoms with Crippen molar-refractivity contribution in [3.8, 4) is 0 Å². The number of aromatic nitrogens is 1. The summed E-state index contributed by atoms with van der Waals surface area (Å²) in [6, 6.07) is 10.4. The molecule has 5 nitrogen and oxygen atoms in total. The smallest absolute Gasteiger partial charge is 0.242 e. The van der Waals surface area contributed by atoms with Crippen LogP contribution < -0.4 is 0 Å². The number of aryl methyl sites for hydroxylation is 1. The number of fused-ring (bicyclic) bond motifs is 1. The Morgan fingerprint density at radius 2 is 2.00 bits per heavy atom. The van der Waals surface area contributed by atoms with E-state index in [2.05, 4.69) is 29.7 Å². The lowest BCUT2D eigenvalue weighted by atomic mass is 10.0. The van der Waals surface area contributed by atoms with E-state index in [9.17, 15) is 4.79 Å². The predicted molar refractivity (Wildman–Crippen MR) is 91.7 cm³/mol. The van der Waals surface area contributed by atoms with Crippen LogP contribution in [0.3, 0.4) is 0 Å². The number of carbonyl (C=O) groups is 1. The van der Waals surface area contributed by atoms with Crippen molar-refractivity contribution in [2.45, 2.75) is 45.1 Å². The van der Waals surface area contributed by atoms with Gasteiger partial charge in [-0.15, -0.1) is 0 Å². The largest absolute Gasteiger partial charge is 0.348 e. The van der Waals surface area contributed by atoms with Gasteiger partial charge in [0.25, 0.3) is 0 Å². The minimum Gasteiger partial charge on any atom is -0.348 e. The molecule has 1 amide bonds. The van der Waals surface area contributed by atoms with Crippen molar-refractivity contribution in [2.24, 2.45) is 0 Å². The molecule has 0 saturated carbocycles. The van der Waals surface area contributed by atoms with Crippen molar-refractivity contribution in [1.29, 1.82) is 0 Å². The molecule has 0 bridgehead atoms. The van der Waals surface area contributed by atoms with Crippen LogP contribution in [0.2, 0.25) is 0 Å². The summed E-state index contributed by atoms with van der Waals surface area (Å²) in [6.45, 7) is 4.49. The van der Waals surface area contributed by atoms with Crippen molar-refractivity contribution in [1.82, 2.24) is 9.47 Å². The van der Waals surface area contributed by atoms with E-state index in [0.29, 0.717) is 19.8 Å². The van der Waals surface area contributed by atoms with Gasteiger partial charge in [0.2, 0.25) is 5.91 Å². The van der Waals surface area contributed by atoms with Crippen LogP contribution in [0.15, 0.2) is 30.3 Å². The highest BCUT2D eigenvalue weighted by Crippen LogP contribution is 2.26. The normalized spacial score (nSPS) is 22.4. The zero-order valence-corrected chi connectivity index (χ0v) is 14.1. The van der Waals surface area contributed by atoms with Gasteiger partial charge in [0.1, 0.15) is 6.54 Å². The summed E-state index contributed by atoms with van der Waals surface area (Å²) in [6.07, 6.45) is 2.89. The number of amides is 1. The van der Waals surface area contributed by atoms with E-state index < -0.39 is 0 Å². The van der Waals surface area contributed by atoms with Gasteiger partial charge in [-0.3, -0.25) is 4.79 Å². The Morgan fingerprint density at radius 1 is 1.21 bits per heavy atom. The Bertz CT molecular complexity index is 733. The molecular formula is C19H24N2O3. The summed E-state index contributed by atoms with van der Waals surface area (Å²) in [5.41, 5.74) is 2.23. The van der Waals surface area contributed by atoms with E-state index >= 15 is 0 Å². The molecule has 2 aliphatic heterocycles. The number of likely N-dealkylation sites (tertiary alicyclic amines) is 1. The summed E-state index contributed by atoms with van der Waals surface area (Å²) in [7, 11) is 0. The SMILES string of the molecule is Cc1cc2ccccc2n1CC(=O)N1CCCC[C@@H]1C1OCCO1. The number of para-hydroxylation sites is 1. The van der Waals surface area contributed by atoms with Crippen molar-refractivity contribution in [3.63, 3.8) is 0 Å². The number of piperidine rings is 1. The summed E-state index contributed by atoms with van der Waals surface area (Å²) in [5, 5.41) is 1.18. The first kappa shape index (κ1) is 15.7. The molecule has 2 saturated heterocycles. The van der Waals surface area contributed by atoms with Crippen LogP contribution in [0.4, 0.5) is 0 Å². The molecule has 2 aromatic rings. The van der Waals surface area contributed by atoms with Crippen molar-refractivity contribution < 1.29 is 14.3 Å². The molecule has 1 aromatic heterocycles. The molecule has 3 heterocycles. The quantitative estimate of drug-likeness (QED) is 0.870. The van der Waals surface area contributed by atoms with Gasteiger partial charge in [0.15, 0.2) is 6.29 Å². The molecule has 1 aromatic carbocycles. The summed E-state index contributed by atoms with van der Waals surface area (Å²) in [4.78, 5) is 15.0. The maximum absolute atomic E-state index is 13.0. The monoisotopic (exact) mass is 328 g/mol. The Hall–Kier alpha value is -1.85. The fraction of sp³-hybridized carbons (Fsp3) is 0.526. The highest BCUT2D eigenvalue weighted by Gasteiger charge is 2.36. The average Bonchev–Trinajstić information content (AvgIpc) is 3.24. The third-order valence-corrected chi connectivity index (χ3v) is 5.14. The third-order valence-electron chi connectivity index (χ3n) is 5.14. The van der Waals surface area contributed by atoms with E-state index in [1.54, 1.807) is 0 Å².